The van der Waals surface area contributed by atoms with E-state index < -0.39 is 23.6 Å². The topological polar surface area (TPSA) is 49.3 Å². The maximum Gasteiger partial charge on any atom is 0.325 e. The Bertz CT molecular complexity index is 641. The summed E-state index contributed by atoms with van der Waals surface area (Å²) in [7, 11) is 0. The van der Waals surface area contributed by atoms with E-state index in [2.05, 4.69) is 5.32 Å². The number of nitrogens with one attached hydrogen (secondary N) is 1. The molecule has 0 aromatic heterocycles. The van der Waals surface area contributed by atoms with Gasteiger partial charge in [-0.2, -0.15) is 0 Å². The van der Waals surface area contributed by atoms with Gasteiger partial charge >= 0.3 is 5.97 Å². The summed E-state index contributed by atoms with van der Waals surface area (Å²) in [4.78, 5) is 11.3. The predicted octanol–water partition coefficient (Wildman–Crippen LogP) is 3.19. The second-order valence-corrected chi connectivity index (χ2v) is 4.80. The third-order valence-electron chi connectivity index (χ3n) is 3.15. The molecule has 21 heavy (non-hydrogen) atoms. The van der Waals surface area contributed by atoms with Crippen molar-refractivity contribution in [2.45, 2.75) is 19.5 Å². The number of hydrogen-bond acceptors (Lipinski definition) is 2. The largest absolute Gasteiger partial charge is 0.480 e. The molecule has 2 N–H and O–H groups in total. The fraction of sp³-hybridized carbons (Fsp3) is 0.188. The molecule has 0 radical (unpaired) electrons. The summed E-state index contributed by atoms with van der Waals surface area (Å²) in [5, 5.41) is 12.0. The zero-order valence-corrected chi connectivity index (χ0v) is 11.4. The van der Waals surface area contributed by atoms with E-state index in [1.807, 2.05) is 31.2 Å². The van der Waals surface area contributed by atoms with E-state index in [-0.39, 0.29) is 12.1 Å². The summed E-state index contributed by atoms with van der Waals surface area (Å²) in [5.41, 5.74) is 1.89. The van der Waals surface area contributed by atoms with Crippen molar-refractivity contribution in [3.05, 3.63) is 70.8 Å². The summed E-state index contributed by atoms with van der Waals surface area (Å²) in [6.07, 6.45) is 0. The molecule has 5 heteroatoms. The number of halogens is 2. The predicted molar refractivity (Wildman–Crippen MR) is 74.8 cm³/mol. The van der Waals surface area contributed by atoms with Crippen molar-refractivity contribution >= 4 is 5.97 Å². The first kappa shape index (κ1) is 15.1. The summed E-state index contributed by atoms with van der Waals surface area (Å²) in [5.74, 6) is -2.83. The van der Waals surface area contributed by atoms with Crippen LogP contribution < -0.4 is 5.32 Å². The van der Waals surface area contributed by atoms with Gasteiger partial charge in [-0.05, 0) is 18.6 Å². The van der Waals surface area contributed by atoms with Crippen LogP contribution in [0.2, 0.25) is 0 Å². The molecule has 2 aromatic rings. The lowest BCUT2D eigenvalue weighted by molar-refractivity contribution is -0.139. The third kappa shape index (κ3) is 3.86. The lowest BCUT2D eigenvalue weighted by Crippen LogP contribution is -2.29. The summed E-state index contributed by atoms with van der Waals surface area (Å²) in [6, 6.07) is 9.18. The molecule has 0 bridgehead atoms. The molecule has 0 aliphatic carbocycles. The van der Waals surface area contributed by atoms with Crippen molar-refractivity contribution < 1.29 is 18.7 Å². The smallest absolute Gasteiger partial charge is 0.325 e. The molecular formula is C16H15F2NO2. The highest BCUT2D eigenvalue weighted by atomic mass is 19.1. The Morgan fingerprint density at radius 1 is 1.19 bits per heavy atom. The quantitative estimate of drug-likeness (QED) is 0.889. The summed E-state index contributed by atoms with van der Waals surface area (Å²) < 4.78 is 26.6. The average Bonchev–Trinajstić information content (AvgIpc) is 2.42. The van der Waals surface area contributed by atoms with Crippen LogP contribution in [-0.4, -0.2) is 11.1 Å². The van der Waals surface area contributed by atoms with E-state index in [0.29, 0.717) is 6.07 Å². The van der Waals surface area contributed by atoms with E-state index in [1.165, 1.54) is 0 Å². The normalized spacial score (nSPS) is 12.1. The molecular weight excluding hydrogens is 276 g/mol. The molecule has 0 aliphatic rings. The lowest BCUT2D eigenvalue weighted by atomic mass is 10.1. The SMILES string of the molecule is Cc1ccc(CNC(C(=O)O)c2ccc(F)cc2F)cc1. The van der Waals surface area contributed by atoms with Crippen LogP contribution in [0.15, 0.2) is 42.5 Å². The van der Waals surface area contributed by atoms with Crippen LogP contribution in [0.1, 0.15) is 22.7 Å². The van der Waals surface area contributed by atoms with Gasteiger partial charge < -0.3 is 5.11 Å². The highest BCUT2D eigenvalue weighted by Gasteiger charge is 2.22. The molecule has 110 valence electrons. The minimum Gasteiger partial charge on any atom is -0.480 e. The molecule has 0 fully saturated rings. The van der Waals surface area contributed by atoms with Crippen LogP contribution >= 0.6 is 0 Å². The van der Waals surface area contributed by atoms with Gasteiger partial charge in [-0.1, -0.05) is 35.9 Å². The van der Waals surface area contributed by atoms with Crippen LogP contribution in [0.3, 0.4) is 0 Å². The van der Waals surface area contributed by atoms with Gasteiger partial charge in [0.25, 0.3) is 0 Å². The molecule has 0 heterocycles. The molecule has 1 unspecified atom stereocenters. The highest BCUT2D eigenvalue weighted by Crippen LogP contribution is 2.19. The Hall–Kier alpha value is -2.27. The minimum atomic E-state index is -1.23. The van der Waals surface area contributed by atoms with Crippen LogP contribution in [0.5, 0.6) is 0 Å². The number of carboxylic acid groups (broad SMARTS) is 1. The third-order valence-corrected chi connectivity index (χ3v) is 3.15. The maximum absolute atomic E-state index is 13.7. The summed E-state index contributed by atoms with van der Waals surface area (Å²) >= 11 is 0. The fourth-order valence-electron chi connectivity index (χ4n) is 1.99. The van der Waals surface area contributed by atoms with Gasteiger partial charge in [0.2, 0.25) is 0 Å². The second-order valence-electron chi connectivity index (χ2n) is 4.80. The lowest BCUT2D eigenvalue weighted by Gasteiger charge is -2.16. The van der Waals surface area contributed by atoms with E-state index in [9.17, 15) is 18.7 Å². The molecule has 2 rings (SSSR count). The van der Waals surface area contributed by atoms with E-state index in [1.54, 1.807) is 0 Å². The van der Waals surface area contributed by atoms with Crippen LogP contribution in [0.4, 0.5) is 8.78 Å². The number of rotatable bonds is 5. The number of carboxylic acids is 1. The van der Waals surface area contributed by atoms with Crippen molar-refractivity contribution in [1.29, 1.82) is 0 Å². The standard InChI is InChI=1S/C16H15F2NO2/c1-10-2-4-11(5-3-10)9-19-15(16(20)21)13-7-6-12(17)8-14(13)18/h2-8,15,19H,9H2,1H3,(H,20,21). The van der Waals surface area contributed by atoms with Crippen molar-refractivity contribution in [3.63, 3.8) is 0 Å². The zero-order valence-electron chi connectivity index (χ0n) is 11.4. The molecule has 0 amide bonds. The van der Waals surface area contributed by atoms with Gasteiger partial charge in [0.15, 0.2) is 0 Å². The minimum absolute atomic E-state index is 0.0870. The van der Waals surface area contributed by atoms with Gasteiger partial charge in [0.05, 0.1) is 0 Å². The number of benzene rings is 2. The van der Waals surface area contributed by atoms with Crippen molar-refractivity contribution in [3.8, 4) is 0 Å². The van der Waals surface area contributed by atoms with Gasteiger partial charge in [-0.3, -0.25) is 10.1 Å². The van der Waals surface area contributed by atoms with E-state index in [0.717, 1.165) is 23.3 Å². The van der Waals surface area contributed by atoms with Crippen LogP contribution in [0, 0.1) is 18.6 Å². The monoisotopic (exact) mass is 291 g/mol. The number of aryl methyl sites for hydroxylation is 1. The first-order valence-corrected chi connectivity index (χ1v) is 6.44. The Morgan fingerprint density at radius 2 is 1.86 bits per heavy atom. The Morgan fingerprint density at radius 3 is 2.43 bits per heavy atom. The molecule has 0 saturated carbocycles. The van der Waals surface area contributed by atoms with Gasteiger partial charge in [0.1, 0.15) is 17.7 Å². The van der Waals surface area contributed by atoms with E-state index >= 15 is 0 Å². The van der Waals surface area contributed by atoms with Gasteiger partial charge in [-0.25, -0.2) is 8.78 Å². The van der Waals surface area contributed by atoms with Gasteiger partial charge in [0, 0.05) is 18.2 Å². The molecule has 0 spiro atoms. The molecule has 2 aromatic carbocycles. The molecule has 0 aliphatic heterocycles. The first-order valence-electron chi connectivity index (χ1n) is 6.44. The highest BCUT2D eigenvalue weighted by molar-refractivity contribution is 5.75. The average molecular weight is 291 g/mol. The summed E-state index contributed by atoms with van der Waals surface area (Å²) in [6.45, 7) is 2.22. The van der Waals surface area contributed by atoms with Crippen LogP contribution in [-0.2, 0) is 11.3 Å². The van der Waals surface area contributed by atoms with Gasteiger partial charge in [-0.15, -0.1) is 0 Å². The first-order chi connectivity index (χ1) is 9.97. The molecule has 0 saturated heterocycles. The van der Waals surface area contributed by atoms with Crippen molar-refractivity contribution in [2.24, 2.45) is 0 Å². The Kier molecular flexibility index (Phi) is 4.65. The Labute approximate surface area is 121 Å². The number of aliphatic carboxylic acids is 1. The number of hydrogen-bond donors (Lipinski definition) is 2. The molecule has 3 nitrogen and oxygen atoms in total. The Balaban J connectivity index is 2.16. The zero-order chi connectivity index (χ0) is 15.4. The van der Waals surface area contributed by atoms with E-state index in [4.69, 9.17) is 0 Å². The van der Waals surface area contributed by atoms with Crippen LogP contribution in [0.25, 0.3) is 0 Å². The fourth-order valence-corrected chi connectivity index (χ4v) is 1.99. The maximum atomic E-state index is 13.7. The van der Waals surface area contributed by atoms with Crippen molar-refractivity contribution in [1.82, 2.24) is 5.32 Å². The van der Waals surface area contributed by atoms with Crippen molar-refractivity contribution in [2.75, 3.05) is 0 Å². The second kappa shape index (κ2) is 6.45. The molecule has 1 atom stereocenters. The number of carbonyl (C=O) groups is 1.